The molecule has 1 N–H and O–H groups in total. The summed E-state index contributed by atoms with van der Waals surface area (Å²) < 4.78 is 12.7. The minimum Gasteiger partial charge on any atom is -0.317 e. The number of Topliss-reactive ketones (excluding diaryl/α,β-unsaturated/α-hetero) is 1. The van der Waals surface area contributed by atoms with E-state index in [-0.39, 0.29) is 11.6 Å². The van der Waals surface area contributed by atoms with E-state index in [1.54, 1.807) is 12.1 Å². The van der Waals surface area contributed by atoms with E-state index < -0.39 is 0 Å². The summed E-state index contributed by atoms with van der Waals surface area (Å²) in [5.41, 5.74) is 0.625. The van der Waals surface area contributed by atoms with Crippen LogP contribution in [0.3, 0.4) is 0 Å². The third-order valence-electron chi connectivity index (χ3n) is 3.10. The van der Waals surface area contributed by atoms with Crippen LogP contribution in [0.25, 0.3) is 0 Å². The molecule has 1 aromatic rings. The van der Waals surface area contributed by atoms with Crippen LogP contribution in [0.2, 0.25) is 0 Å². The van der Waals surface area contributed by atoms with Crippen LogP contribution in [0.15, 0.2) is 24.3 Å². The predicted molar refractivity (Wildman–Crippen MR) is 60.9 cm³/mol. The molecule has 1 aliphatic heterocycles. The van der Waals surface area contributed by atoms with Gasteiger partial charge in [-0.25, -0.2) is 4.39 Å². The molecule has 1 aromatic carbocycles. The fraction of sp³-hybridized carbons (Fsp3) is 0.462. The summed E-state index contributed by atoms with van der Waals surface area (Å²) in [6.07, 6.45) is 2.72. The maximum Gasteiger partial charge on any atom is 0.163 e. The number of carbonyl (C=O) groups excluding carboxylic acids is 1. The van der Waals surface area contributed by atoms with Crippen LogP contribution in [-0.2, 0) is 0 Å². The van der Waals surface area contributed by atoms with Gasteiger partial charge in [-0.1, -0.05) is 0 Å². The van der Waals surface area contributed by atoms with Crippen molar-refractivity contribution in [3.63, 3.8) is 0 Å². The van der Waals surface area contributed by atoms with Crippen LogP contribution in [0.4, 0.5) is 4.39 Å². The molecule has 0 spiro atoms. The monoisotopic (exact) mass is 221 g/mol. The predicted octanol–water partition coefficient (Wildman–Crippen LogP) is 2.40. The second kappa shape index (κ2) is 5.21. The van der Waals surface area contributed by atoms with E-state index in [0.717, 1.165) is 25.9 Å². The molecule has 0 radical (unpaired) electrons. The van der Waals surface area contributed by atoms with Gasteiger partial charge in [0.05, 0.1) is 0 Å². The summed E-state index contributed by atoms with van der Waals surface area (Å²) in [5, 5.41) is 3.27. The lowest BCUT2D eigenvalue weighted by molar-refractivity contribution is 0.0952. The Hall–Kier alpha value is -1.22. The lowest BCUT2D eigenvalue weighted by Gasteiger charge is -2.21. The van der Waals surface area contributed by atoms with Crippen molar-refractivity contribution in [3.8, 4) is 0 Å². The van der Waals surface area contributed by atoms with Gasteiger partial charge in [0, 0.05) is 12.0 Å². The molecule has 0 amide bonds. The molecule has 0 atom stereocenters. The number of nitrogens with one attached hydrogen (secondary N) is 1. The minimum atomic E-state index is -0.293. The summed E-state index contributed by atoms with van der Waals surface area (Å²) in [5.74, 6) is 0.323. The van der Waals surface area contributed by atoms with Gasteiger partial charge in [0.25, 0.3) is 0 Å². The van der Waals surface area contributed by atoms with Gasteiger partial charge in [0.1, 0.15) is 5.82 Å². The molecule has 2 rings (SSSR count). The number of ketones is 1. The average Bonchev–Trinajstić information content (AvgIpc) is 2.31. The zero-order valence-corrected chi connectivity index (χ0v) is 9.21. The van der Waals surface area contributed by atoms with Crippen LogP contribution < -0.4 is 5.32 Å². The van der Waals surface area contributed by atoms with Crippen LogP contribution >= 0.6 is 0 Å². The number of carbonyl (C=O) groups is 1. The number of halogens is 1. The second-order valence-electron chi connectivity index (χ2n) is 4.33. The van der Waals surface area contributed by atoms with E-state index in [0.29, 0.717) is 17.9 Å². The van der Waals surface area contributed by atoms with Crippen molar-refractivity contribution >= 4 is 5.78 Å². The highest BCUT2D eigenvalue weighted by Gasteiger charge is 2.17. The lowest BCUT2D eigenvalue weighted by atomic mass is 9.91. The average molecular weight is 221 g/mol. The zero-order chi connectivity index (χ0) is 11.4. The van der Waals surface area contributed by atoms with Crippen LogP contribution in [0, 0.1) is 11.7 Å². The molecule has 1 fully saturated rings. The summed E-state index contributed by atoms with van der Waals surface area (Å²) >= 11 is 0. The van der Waals surface area contributed by atoms with Gasteiger partial charge in [-0.3, -0.25) is 4.79 Å². The van der Waals surface area contributed by atoms with E-state index in [4.69, 9.17) is 0 Å². The van der Waals surface area contributed by atoms with E-state index in [1.165, 1.54) is 12.1 Å². The van der Waals surface area contributed by atoms with Crippen molar-refractivity contribution < 1.29 is 9.18 Å². The molecule has 1 aliphatic rings. The Kier molecular flexibility index (Phi) is 3.67. The Balaban J connectivity index is 1.94. The van der Waals surface area contributed by atoms with Crippen molar-refractivity contribution in [1.82, 2.24) is 5.32 Å². The van der Waals surface area contributed by atoms with E-state index >= 15 is 0 Å². The number of rotatable bonds is 3. The highest BCUT2D eigenvalue weighted by molar-refractivity contribution is 5.96. The quantitative estimate of drug-likeness (QED) is 0.794. The Morgan fingerprint density at radius 1 is 1.25 bits per heavy atom. The minimum absolute atomic E-state index is 0.131. The van der Waals surface area contributed by atoms with Crippen LogP contribution in [-0.4, -0.2) is 18.9 Å². The van der Waals surface area contributed by atoms with Gasteiger partial charge < -0.3 is 5.32 Å². The topological polar surface area (TPSA) is 29.1 Å². The van der Waals surface area contributed by atoms with Crippen molar-refractivity contribution in [3.05, 3.63) is 35.6 Å². The van der Waals surface area contributed by atoms with E-state index in [2.05, 4.69) is 5.32 Å². The Morgan fingerprint density at radius 3 is 2.50 bits per heavy atom. The first-order chi connectivity index (χ1) is 7.75. The molecular formula is C13H16FNO. The highest BCUT2D eigenvalue weighted by Crippen LogP contribution is 2.18. The maximum absolute atomic E-state index is 12.7. The molecule has 16 heavy (non-hydrogen) atoms. The summed E-state index contributed by atoms with van der Waals surface area (Å²) in [6, 6.07) is 5.82. The molecule has 3 heteroatoms. The summed E-state index contributed by atoms with van der Waals surface area (Å²) in [7, 11) is 0. The summed E-state index contributed by atoms with van der Waals surface area (Å²) in [6.45, 7) is 2.00. The fourth-order valence-electron chi connectivity index (χ4n) is 2.10. The van der Waals surface area contributed by atoms with Gasteiger partial charge >= 0.3 is 0 Å². The molecular weight excluding hydrogens is 205 g/mol. The zero-order valence-electron chi connectivity index (χ0n) is 9.21. The SMILES string of the molecule is O=C(CC1CCNCC1)c1ccc(F)cc1. The smallest absolute Gasteiger partial charge is 0.163 e. The first-order valence-corrected chi connectivity index (χ1v) is 5.75. The molecule has 1 heterocycles. The molecule has 1 saturated heterocycles. The first kappa shape index (κ1) is 11.3. The Bertz CT molecular complexity index is 355. The number of benzene rings is 1. The van der Waals surface area contributed by atoms with Crippen LogP contribution in [0.1, 0.15) is 29.6 Å². The molecule has 0 aliphatic carbocycles. The van der Waals surface area contributed by atoms with Gasteiger partial charge in [-0.2, -0.15) is 0 Å². The van der Waals surface area contributed by atoms with Gasteiger partial charge in [-0.15, -0.1) is 0 Å². The van der Waals surface area contributed by atoms with Crippen molar-refractivity contribution in [2.24, 2.45) is 5.92 Å². The van der Waals surface area contributed by atoms with Gasteiger partial charge in [0.2, 0.25) is 0 Å². The number of piperidine rings is 1. The molecule has 0 bridgehead atoms. The number of hydrogen-bond acceptors (Lipinski definition) is 2. The van der Waals surface area contributed by atoms with Crippen molar-refractivity contribution in [1.29, 1.82) is 0 Å². The highest BCUT2D eigenvalue weighted by atomic mass is 19.1. The molecule has 0 unspecified atom stereocenters. The third-order valence-corrected chi connectivity index (χ3v) is 3.10. The van der Waals surface area contributed by atoms with E-state index in [1.807, 2.05) is 0 Å². The van der Waals surface area contributed by atoms with Gasteiger partial charge in [0.15, 0.2) is 5.78 Å². The van der Waals surface area contributed by atoms with E-state index in [9.17, 15) is 9.18 Å². The first-order valence-electron chi connectivity index (χ1n) is 5.75. The summed E-state index contributed by atoms with van der Waals surface area (Å²) in [4.78, 5) is 11.9. The normalized spacial score (nSPS) is 17.3. The largest absolute Gasteiger partial charge is 0.317 e. The Labute approximate surface area is 94.9 Å². The van der Waals surface area contributed by atoms with Crippen LogP contribution in [0.5, 0.6) is 0 Å². The molecule has 2 nitrogen and oxygen atoms in total. The number of hydrogen-bond donors (Lipinski definition) is 1. The maximum atomic E-state index is 12.7. The molecule has 0 saturated carbocycles. The van der Waals surface area contributed by atoms with Crippen molar-refractivity contribution in [2.75, 3.05) is 13.1 Å². The molecule has 0 aromatic heterocycles. The Morgan fingerprint density at radius 2 is 1.88 bits per heavy atom. The van der Waals surface area contributed by atoms with Gasteiger partial charge in [-0.05, 0) is 56.1 Å². The fourth-order valence-corrected chi connectivity index (χ4v) is 2.10. The third kappa shape index (κ3) is 2.89. The molecule has 86 valence electrons. The lowest BCUT2D eigenvalue weighted by Crippen LogP contribution is -2.28. The second-order valence-corrected chi connectivity index (χ2v) is 4.33. The standard InChI is InChI=1S/C13H16FNO/c14-12-3-1-11(2-4-12)13(16)9-10-5-7-15-8-6-10/h1-4,10,15H,5-9H2. The van der Waals surface area contributed by atoms with Crippen molar-refractivity contribution in [2.45, 2.75) is 19.3 Å².